The number of benzene rings is 4. The Morgan fingerprint density at radius 3 is 1.57 bits per heavy atom. The van der Waals surface area contributed by atoms with Crippen LogP contribution in [0.25, 0.3) is 22.3 Å². The number of nitrogen functional groups attached to an aromatic ring is 1. The van der Waals surface area contributed by atoms with Gasteiger partial charge in [0.2, 0.25) is 0 Å². The van der Waals surface area contributed by atoms with Gasteiger partial charge in [0.15, 0.2) is 0 Å². The van der Waals surface area contributed by atoms with Gasteiger partial charge in [0.1, 0.15) is 0 Å². The summed E-state index contributed by atoms with van der Waals surface area (Å²) in [6, 6.07) is 33.6. The summed E-state index contributed by atoms with van der Waals surface area (Å²) in [4.78, 5) is 0. The summed E-state index contributed by atoms with van der Waals surface area (Å²) in [7, 11) is -4.04. The number of para-hydroxylation sites is 1. The molecule has 1 radical (unpaired) electrons. The molecule has 291 valence electrons. The molecule has 4 aromatic carbocycles. The Hall–Kier alpha value is -2.32. The van der Waals surface area contributed by atoms with Crippen LogP contribution in [0, 0.1) is 6.07 Å². The van der Waals surface area contributed by atoms with Crippen LogP contribution < -0.4 is 11.0 Å². The summed E-state index contributed by atoms with van der Waals surface area (Å²) in [5.74, 6) is 1.64. The van der Waals surface area contributed by atoms with Crippen LogP contribution in [0.2, 0.25) is 0 Å². The van der Waals surface area contributed by atoms with E-state index < -0.39 is 10.1 Å². The molecule has 0 aliphatic heterocycles. The first-order valence-corrected chi connectivity index (χ1v) is 22.8. The number of hydrogen-bond acceptors (Lipinski definition) is 4. The zero-order valence-corrected chi connectivity index (χ0v) is 36.3. The van der Waals surface area contributed by atoms with E-state index in [0.717, 1.165) is 28.1 Å². The molecule has 2 aliphatic carbocycles. The molecule has 7 heteroatoms. The minimum atomic E-state index is -3.92. The van der Waals surface area contributed by atoms with Crippen LogP contribution in [-0.4, -0.2) is 30.5 Å². The third-order valence-electron chi connectivity index (χ3n) is 10.5. The van der Waals surface area contributed by atoms with Crippen LogP contribution in [0.15, 0.2) is 84.9 Å². The van der Waals surface area contributed by atoms with E-state index in [1.54, 1.807) is 27.6 Å². The van der Waals surface area contributed by atoms with Crippen molar-refractivity contribution in [2.24, 2.45) is 0 Å². The quantitative estimate of drug-likeness (QED) is 0.0829. The number of anilines is 1. The van der Waals surface area contributed by atoms with Gasteiger partial charge in [0.25, 0.3) is 0 Å². The van der Waals surface area contributed by atoms with Crippen molar-refractivity contribution in [3.63, 3.8) is 0 Å². The molecule has 0 bridgehead atoms. The van der Waals surface area contributed by atoms with E-state index in [9.17, 15) is 0 Å². The zero-order valence-electron chi connectivity index (χ0n) is 33.0. The van der Waals surface area contributed by atoms with Gasteiger partial charge in [-0.25, -0.2) is 8.42 Å². The Kier molecular flexibility index (Phi) is 18.4. The monoisotopic (exact) mass is 845 g/mol. The maximum Gasteiger partial charge on any atom is 0.0916 e. The normalized spacial score (nSPS) is 15.4. The van der Waals surface area contributed by atoms with Gasteiger partial charge in [-0.05, 0) is 106 Å². The molecule has 0 atom stereocenters. The van der Waals surface area contributed by atoms with E-state index >= 15 is 0 Å². The van der Waals surface area contributed by atoms with E-state index in [2.05, 4.69) is 84.0 Å². The minimum absolute atomic E-state index is 0. The van der Waals surface area contributed by atoms with Gasteiger partial charge in [-0.15, -0.1) is 0 Å². The maximum absolute atomic E-state index is 9.08. The van der Waals surface area contributed by atoms with Crippen LogP contribution >= 0.6 is 7.92 Å². The average molecular weight is 846 g/mol. The first-order chi connectivity index (χ1) is 24.8. The molecule has 0 unspecified atom stereocenters. The summed E-state index contributed by atoms with van der Waals surface area (Å²) in [6.07, 6.45) is 15.2. The van der Waals surface area contributed by atoms with Gasteiger partial charge in [-0.2, -0.15) is 0 Å². The van der Waals surface area contributed by atoms with Gasteiger partial charge in [0.05, 0.1) is 10.1 Å². The molecular weight excluding hydrogens is 784 g/mol. The van der Waals surface area contributed by atoms with E-state index in [-0.39, 0.29) is 28.3 Å². The van der Waals surface area contributed by atoms with Crippen molar-refractivity contribution in [2.45, 2.75) is 135 Å². The van der Waals surface area contributed by atoms with Gasteiger partial charge in [-0.1, -0.05) is 167 Å². The Labute approximate surface area is 337 Å². The van der Waals surface area contributed by atoms with Crippen molar-refractivity contribution >= 4 is 29.0 Å². The van der Waals surface area contributed by atoms with Crippen LogP contribution in [0.4, 0.5) is 5.69 Å². The molecule has 2 aliphatic rings. The summed E-state index contributed by atoms with van der Waals surface area (Å²) in [5.41, 5.74) is 18.4. The first kappa shape index (κ1) is 45.1. The molecule has 6 rings (SSSR count). The molecule has 4 nitrogen and oxygen atoms in total. The molecule has 0 heterocycles. The smallest absolute Gasteiger partial charge is 0.0916 e. The predicted octanol–water partition coefficient (Wildman–Crippen LogP) is 12.4. The third-order valence-corrected chi connectivity index (χ3v) is 14.0. The fourth-order valence-corrected chi connectivity index (χ4v) is 11.8. The number of hydrogen-bond donors (Lipinski definition) is 1. The van der Waals surface area contributed by atoms with E-state index in [4.69, 9.17) is 18.7 Å². The van der Waals surface area contributed by atoms with E-state index in [1.807, 2.05) is 48.5 Å². The third kappa shape index (κ3) is 13.4. The predicted molar refractivity (Wildman–Crippen MR) is 225 cm³/mol. The Balaban J connectivity index is 0.000000327. The van der Waals surface area contributed by atoms with E-state index in [0.29, 0.717) is 24.0 Å². The molecule has 0 spiro atoms. The van der Waals surface area contributed by atoms with Crippen molar-refractivity contribution in [3.8, 4) is 22.3 Å². The second-order valence-corrected chi connectivity index (χ2v) is 19.8. The topological polar surface area (TPSA) is 83.2 Å². The molecule has 0 saturated heterocycles. The average Bonchev–Trinajstić information content (AvgIpc) is 3.12. The SMILES string of the molecule is CC(C)c1cc(C(C)C)c(-c2ccccc2P(C2CCCCC2)C2CCCCC2)c(C(C)C)c1.CS(=O)(=O)[O-].Nc1ccccc1-c1[c]cccc1.[Pd]. The second-order valence-electron chi connectivity index (χ2n) is 15.6. The molecule has 0 amide bonds. The minimum Gasteiger partial charge on any atom is -0.748 e. The fourth-order valence-electron chi connectivity index (χ4n) is 7.89. The molecule has 0 aromatic heterocycles. The van der Waals surface area contributed by atoms with Gasteiger partial charge >= 0.3 is 0 Å². The van der Waals surface area contributed by atoms with Crippen molar-refractivity contribution in [3.05, 3.63) is 108 Å². The van der Waals surface area contributed by atoms with Gasteiger partial charge < -0.3 is 10.3 Å². The molecular formula is C46H62NO3PPdS-. The fraction of sp³-hybridized carbons (Fsp3) is 0.478. The summed E-state index contributed by atoms with van der Waals surface area (Å²) in [6.45, 7) is 14.3. The van der Waals surface area contributed by atoms with Gasteiger partial charge in [-0.3, -0.25) is 0 Å². The molecule has 4 aromatic rings. The Morgan fingerprint density at radius 1 is 0.679 bits per heavy atom. The Bertz CT molecular complexity index is 1740. The van der Waals surface area contributed by atoms with Crippen molar-refractivity contribution in [2.75, 3.05) is 12.0 Å². The second kappa shape index (κ2) is 21.7. The van der Waals surface area contributed by atoms with Gasteiger partial charge in [0, 0.05) is 37.9 Å². The summed E-state index contributed by atoms with van der Waals surface area (Å²) < 4.78 is 27.2. The van der Waals surface area contributed by atoms with Crippen molar-refractivity contribution in [1.29, 1.82) is 0 Å². The Morgan fingerprint density at radius 2 is 1.13 bits per heavy atom. The summed E-state index contributed by atoms with van der Waals surface area (Å²) in [5, 5.41) is 1.75. The number of nitrogens with two attached hydrogens (primary N) is 1. The molecule has 2 N–H and O–H groups in total. The largest absolute Gasteiger partial charge is 0.748 e. The molecule has 2 saturated carbocycles. The van der Waals surface area contributed by atoms with Crippen molar-refractivity contribution in [1.82, 2.24) is 0 Å². The molecule has 53 heavy (non-hydrogen) atoms. The van der Waals surface area contributed by atoms with Crippen LogP contribution in [0.5, 0.6) is 0 Å². The van der Waals surface area contributed by atoms with Crippen LogP contribution in [0.3, 0.4) is 0 Å². The molecule has 2 fully saturated rings. The standard InChI is InChI=1S/C33H49P.C12H10N.CH4O3S.Pd/c1-23(2)26-21-30(24(3)4)33(31(22-26)25(5)6)29-19-13-14-20-32(29)34(27-15-9-7-10-16-27)28-17-11-8-12-18-28;13-12-9-5-4-8-11(12)10-6-2-1-3-7-10;1-5(2,3)4;/h13-14,19-25,27-28H,7-12,15-18H2,1-6H3;1-6,8-9H,13H2;1H3,(H,2,3,4);/p-1. The van der Waals surface area contributed by atoms with Crippen molar-refractivity contribution < 1.29 is 33.4 Å². The summed E-state index contributed by atoms with van der Waals surface area (Å²) >= 11 is 0. The first-order valence-electron chi connectivity index (χ1n) is 19.5. The number of rotatable bonds is 8. The zero-order chi connectivity index (χ0) is 37.8. The maximum atomic E-state index is 9.08. The van der Waals surface area contributed by atoms with E-state index in [1.165, 1.54) is 69.8 Å². The van der Waals surface area contributed by atoms with Crippen LogP contribution in [0.1, 0.15) is 140 Å². The van der Waals surface area contributed by atoms with Crippen LogP contribution in [-0.2, 0) is 30.5 Å².